The monoisotopic (exact) mass is 635 g/mol. The smallest absolute Gasteiger partial charge is 0.349 e. The van der Waals surface area contributed by atoms with E-state index in [-0.39, 0.29) is 0 Å². The summed E-state index contributed by atoms with van der Waals surface area (Å²) < 4.78 is 14.8. The molecule has 33 heavy (non-hydrogen) atoms. The van der Waals surface area contributed by atoms with Crippen molar-refractivity contribution in [2.24, 2.45) is 5.10 Å². The van der Waals surface area contributed by atoms with Crippen molar-refractivity contribution in [1.82, 2.24) is 9.66 Å². The topological polar surface area (TPSA) is 85.7 Å². The van der Waals surface area contributed by atoms with Crippen LogP contribution in [0, 0.1) is 0 Å². The molecule has 0 spiro atoms. The van der Waals surface area contributed by atoms with Crippen LogP contribution in [0.15, 0.2) is 82.7 Å². The molecule has 1 aromatic heterocycles. The van der Waals surface area contributed by atoms with Gasteiger partial charge in [-0.2, -0.15) is 5.10 Å². The molecule has 0 atom stereocenters. The molecular weight excluding hydrogens is 622 g/mol. The van der Waals surface area contributed by atoms with Gasteiger partial charge in [0.2, 0.25) is 0 Å². The summed E-state index contributed by atoms with van der Waals surface area (Å²) in [6.07, 6.45) is 1.41. The number of aromatic nitrogens is 2. The number of halogens is 3. The summed E-state index contributed by atoms with van der Waals surface area (Å²) in [4.78, 5) is 27.6. The maximum absolute atomic E-state index is 12.7. The van der Waals surface area contributed by atoms with Gasteiger partial charge >= 0.3 is 5.69 Å². The standard InChI is InChI=1S/C23H16Br3N3O4/c1-32-20-9-13(8-18(26)21(20)33-12-14-6-7-15(24)10-17(14)25)11-27-29-22(30)16-4-2-3-5-19(16)28-23(29)31/h2-11H,12H2,1H3,(H,28,31). The van der Waals surface area contributed by atoms with Gasteiger partial charge in [-0.1, -0.05) is 50.1 Å². The molecule has 0 aliphatic rings. The number of ether oxygens (including phenoxy) is 2. The van der Waals surface area contributed by atoms with Gasteiger partial charge < -0.3 is 14.5 Å². The number of hydrogen-bond donors (Lipinski definition) is 1. The number of rotatable bonds is 6. The zero-order valence-electron chi connectivity index (χ0n) is 17.1. The van der Waals surface area contributed by atoms with Gasteiger partial charge in [-0.05, 0) is 57.9 Å². The Balaban J connectivity index is 1.63. The van der Waals surface area contributed by atoms with E-state index in [2.05, 4.69) is 57.9 Å². The highest BCUT2D eigenvalue weighted by atomic mass is 79.9. The predicted molar refractivity (Wildman–Crippen MR) is 139 cm³/mol. The van der Waals surface area contributed by atoms with Gasteiger partial charge in [-0.25, -0.2) is 4.79 Å². The van der Waals surface area contributed by atoms with Crippen LogP contribution < -0.4 is 20.7 Å². The van der Waals surface area contributed by atoms with E-state index >= 15 is 0 Å². The minimum atomic E-state index is -0.624. The first-order valence-corrected chi connectivity index (χ1v) is 12.0. The van der Waals surface area contributed by atoms with Gasteiger partial charge in [0.25, 0.3) is 5.56 Å². The van der Waals surface area contributed by atoms with Crippen LogP contribution in [0.1, 0.15) is 11.1 Å². The zero-order chi connectivity index (χ0) is 23.5. The Labute approximate surface area is 213 Å². The largest absolute Gasteiger partial charge is 0.493 e. The normalized spacial score (nSPS) is 11.3. The fraction of sp³-hybridized carbons (Fsp3) is 0.0870. The fourth-order valence-electron chi connectivity index (χ4n) is 3.13. The van der Waals surface area contributed by atoms with Crippen LogP contribution in [-0.2, 0) is 6.61 Å². The van der Waals surface area contributed by atoms with Crippen molar-refractivity contribution in [3.05, 3.63) is 100.0 Å². The second kappa shape index (κ2) is 10.1. The number of fused-ring (bicyclic) bond motifs is 1. The Hall–Kier alpha value is -2.69. The Morgan fingerprint density at radius 2 is 1.82 bits per heavy atom. The van der Waals surface area contributed by atoms with E-state index in [1.165, 1.54) is 13.3 Å². The maximum atomic E-state index is 12.7. The summed E-state index contributed by atoms with van der Waals surface area (Å²) in [5.41, 5.74) is 0.906. The molecule has 0 unspecified atom stereocenters. The van der Waals surface area contributed by atoms with Crippen molar-refractivity contribution in [3.63, 3.8) is 0 Å². The van der Waals surface area contributed by atoms with Gasteiger partial charge in [0.1, 0.15) is 6.61 Å². The summed E-state index contributed by atoms with van der Waals surface area (Å²) in [6.45, 7) is 0.318. The van der Waals surface area contributed by atoms with E-state index < -0.39 is 11.2 Å². The van der Waals surface area contributed by atoms with Crippen molar-refractivity contribution < 1.29 is 9.47 Å². The minimum Gasteiger partial charge on any atom is -0.493 e. The Kier molecular flexibility index (Phi) is 7.16. The van der Waals surface area contributed by atoms with E-state index in [4.69, 9.17) is 9.47 Å². The first-order valence-electron chi connectivity index (χ1n) is 9.60. The minimum absolute atomic E-state index is 0.318. The lowest BCUT2D eigenvalue weighted by atomic mass is 10.2. The zero-order valence-corrected chi connectivity index (χ0v) is 21.9. The van der Waals surface area contributed by atoms with Crippen LogP contribution in [-0.4, -0.2) is 23.0 Å². The average molecular weight is 638 g/mol. The number of methoxy groups -OCH3 is 1. The summed E-state index contributed by atoms with van der Waals surface area (Å²) in [5, 5.41) is 4.46. The van der Waals surface area contributed by atoms with Gasteiger partial charge in [-0.3, -0.25) is 4.79 Å². The molecule has 0 saturated heterocycles. The van der Waals surface area contributed by atoms with Gasteiger partial charge in [0.05, 0.1) is 28.7 Å². The first kappa shape index (κ1) is 23.5. The van der Waals surface area contributed by atoms with Crippen molar-refractivity contribution in [2.45, 2.75) is 6.61 Å². The third kappa shape index (κ3) is 5.13. The second-order valence-electron chi connectivity index (χ2n) is 6.90. The Morgan fingerprint density at radius 1 is 1.03 bits per heavy atom. The molecule has 1 heterocycles. The number of nitrogens with one attached hydrogen (secondary N) is 1. The van der Waals surface area contributed by atoms with Gasteiger partial charge in [0.15, 0.2) is 11.5 Å². The van der Waals surface area contributed by atoms with Crippen molar-refractivity contribution >= 4 is 64.9 Å². The van der Waals surface area contributed by atoms with Crippen LogP contribution in [0.3, 0.4) is 0 Å². The lowest BCUT2D eigenvalue weighted by molar-refractivity contribution is 0.282. The van der Waals surface area contributed by atoms with Crippen molar-refractivity contribution in [1.29, 1.82) is 0 Å². The number of aromatic amines is 1. The second-order valence-corrected chi connectivity index (χ2v) is 9.52. The van der Waals surface area contributed by atoms with E-state index in [0.717, 1.165) is 19.2 Å². The maximum Gasteiger partial charge on any atom is 0.349 e. The van der Waals surface area contributed by atoms with Crippen molar-refractivity contribution in [3.8, 4) is 11.5 Å². The lowest BCUT2D eigenvalue weighted by Gasteiger charge is -2.14. The van der Waals surface area contributed by atoms with Crippen LogP contribution in [0.25, 0.3) is 10.9 Å². The quantitative estimate of drug-likeness (QED) is 0.285. The van der Waals surface area contributed by atoms with Crippen LogP contribution >= 0.6 is 47.8 Å². The number of nitrogens with zero attached hydrogens (tertiary/aromatic N) is 2. The number of hydrogen-bond acceptors (Lipinski definition) is 5. The molecule has 0 aliphatic carbocycles. The first-order chi connectivity index (χ1) is 15.9. The molecule has 10 heteroatoms. The molecule has 0 amide bonds. The van der Waals surface area contributed by atoms with E-state index in [1.54, 1.807) is 36.4 Å². The Morgan fingerprint density at radius 3 is 2.58 bits per heavy atom. The van der Waals surface area contributed by atoms with Crippen LogP contribution in [0.5, 0.6) is 11.5 Å². The highest BCUT2D eigenvalue weighted by molar-refractivity contribution is 9.11. The molecule has 0 radical (unpaired) electrons. The Bertz CT molecular complexity index is 1500. The van der Waals surface area contributed by atoms with E-state index in [9.17, 15) is 9.59 Å². The molecule has 0 saturated carbocycles. The average Bonchev–Trinajstić information content (AvgIpc) is 2.79. The third-order valence-corrected chi connectivity index (χ3v) is 6.57. The SMILES string of the molecule is COc1cc(C=Nn2c(=O)[nH]c3ccccc3c2=O)cc(Br)c1OCc1ccc(Br)cc1Br. The molecule has 4 aromatic rings. The van der Waals surface area contributed by atoms with Crippen molar-refractivity contribution in [2.75, 3.05) is 7.11 Å². The molecule has 168 valence electrons. The van der Waals surface area contributed by atoms with Gasteiger partial charge in [0, 0.05) is 14.5 Å². The third-order valence-electron chi connectivity index (χ3n) is 4.74. The molecule has 7 nitrogen and oxygen atoms in total. The molecule has 3 aromatic carbocycles. The molecule has 4 rings (SSSR count). The fourth-order valence-corrected chi connectivity index (χ4v) is 4.86. The van der Waals surface area contributed by atoms with Crippen LogP contribution in [0.4, 0.5) is 0 Å². The van der Waals surface area contributed by atoms with Gasteiger partial charge in [-0.15, -0.1) is 4.68 Å². The summed E-state index contributed by atoms with van der Waals surface area (Å²) in [6, 6.07) is 16.1. The molecule has 0 fully saturated rings. The number of benzene rings is 3. The summed E-state index contributed by atoms with van der Waals surface area (Å²) in [5.74, 6) is 0.990. The lowest BCUT2D eigenvalue weighted by Crippen LogP contribution is -2.32. The van der Waals surface area contributed by atoms with E-state index in [0.29, 0.717) is 39.0 Å². The highest BCUT2D eigenvalue weighted by Gasteiger charge is 2.13. The number of para-hydroxylation sites is 1. The predicted octanol–water partition coefficient (Wildman–Crippen LogP) is 5.45. The molecule has 0 bridgehead atoms. The van der Waals surface area contributed by atoms with E-state index in [1.807, 2.05) is 18.2 Å². The summed E-state index contributed by atoms with van der Waals surface area (Å²) >= 11 is 10.5. The highest BCUT2D eigenvalue weighted by Crippen LogP contribution is 2.37. The molecule has 1 N–H and O–H groups in total. The molecule has 0 aliphatic heterocycles. The van der Waals surface area contributed by atoms with Crippen LogP contribution in [0.2, 0.25) is 0 Å². The number of H-pyrrole nitrogens is 1. The summed E-state index contributed by atoms with van der Waals surface area (Å²) in [7, 11) is 1.53. The molecular formula is C23H16Br3N3O4.